The van der Waals surface area contributed by atoms with Gasteiger partial charge in [0.25, 0.3) is 0 Å². The van der Waals surface area contributed by atoms with Crippen LogP contribution >= 0.6 is 0 Å². The molecule has 0 spiro atoms. The molecule has 110 valence electrons. The summed E-state index contributed by atoms with van der Waals surface area (Å²) in [5.74, 6) is 0.267. The molecule has 0 amide bonds. The van der Waals surface area contributed by atoms with Crippen molar-refractivity contribution in [1.29, 1.82) is 0 Å². The molecule has 2 rings (SSSR count). The molecule has 5 nitrogen and oxygen atoms in total. The zero-order valence-electron chi connectivity index (χ0n) is 11.9. The van der Waals surface area contributed by atoms with E-state index in [-0.39, 0.29) is 5.56 Å². The van der Waals surface area contributed by atoms with Crippen molar-refractivity contribution in [2.75, 3.05) is 18.5 Å². The number of ether oxygens (including phenoxy) is 1. The first-order valence-electron chi connectivity index (χ1n) is 6.79. The molecule has 2 N–H and O–H groups in total. The van der Waals surface area contributed by atoms with Crippen LogP contribution in [0.15, 0.2) is 42.6 Å². The molecule has 1 heterocycles. The highest BCUT2D eigenvalue weighted by atomic mass is 16.5. The van der Waals surface area contributed by atoms with Crippen LogP contribution in [0.3, 0.4) is 0 Å². The number of benzene rings is 1. The van der Waals surface area contributed by atoms with E-state index in [1.165, 1.54) is 0 Å². The summed E-state index contributed by atoms with van der Waals surface area (Å²) in [5.41, 5.74) is 0.919. The SMILES string of the molecule is Cc1ccnc(NCCCOc2ccccc2)c1C(=O)O. The maximum atomic E-state index is 11.2. The van der Waals surface area contributed by atoms with Crippen LogP contribution in [0.1, 0.15) is 22.3 Å². The van der Waals surface area contributed by atoms with Crippen LogP contribution in [0, 0.1) is 6.92 Å². The fraction of sp³-hybridized carbons (Fsp3) is 0.250. The maximum absolute atomic E-state index is 11.2. The minimum absolute atomic E-state index is 0.224. The van der Waals surface area contributed by atoms with Crippen molar-refractivity contribution in [3.8, 4) is 5.75 Å². The van der Waals surface area contributed by atoms with Gasteiger partial charge in [-0.15, -0.1) is 0 Å². The van der Waals surface area contributed by atoms with Crippen molar-refractivity contribution < 1.29 is 14.6 Å². The van der Waals surface area contributed by atoms with Gasteiger partial charge >= 0.3 is 5.97 Å². The summed E-state index contributed by atoms with van der Waals surface area (Å²) in [6.45, 7) is 2.92. The lowest BCUT2D eigenvalue weighted by Crippen LogP contribution is -2.13. The summed E-state index contributed by atoms with van der Waals surface area (Å²) in [4.78, 5) is 15.3. The Labute approximate surface area is 123 Å². The van der Waals surface area contributed by atoms with E-state index in [0.717, 1.165) is 12.2 Å². The van der Waals surface area contributed by atoms with Gasteiger partial charge in [0.15, 0.2) is 0 Å². The Balaban J connectivity index is 1.81. The second-order valence-electron chi connectivity index (χ2n) is 4.60. The van der Waals surface area contributed by atoms with E-state index in [1.54, 1.807) is 19.2 Å². The van der Waals surface area contributed by atoms with E-state index in [9.17, 15) is 9.90 Å². The largest absolute Gasteiger partial charge is 0.494 e. The lowest BCUT2D eigenvalue weighted by Gasteiger charge is -2.10. The van der Waals surface area contributed by atoms with Crippen molar-refractivity contribution in [3.05, 3.63) is 53.7 Å². The van der Waals surface area contributed by atoms with Gasteiger partial charge in [0.1, 0.15) is 17.1 Å². The van der Waals surface area contributed by atoms with Gasteiger partial charge in [-0.25, -0.2) is 9.78 Å². The molecule has 0 saturated heterocycles. The highest BCUT2D eigenvalue weighted by Gasteiger charge is 2.13. The first kappa shape index (κ1) is 14.8. The number of hydrogen-bond acceptors (Lipinski definition) is 4. The Kier molecular flexibility index (Phi) is 5.15. The number of nitrogens with zero attached hydrogens (tertiary/aromatic N) is 1. The molecule has 0 unspecified atom stereocenters. The molecular weight excluding hydrogens is 268 g/mol. The number of para-hydroxylation sites is 1. The van der Waals surface area contributed by atoms with Crippen molar-refractivity contribution in [2.45, 2.75) is 13.3 Å². The number of carboxylic acids is 1. The van der Waals surface area contributed by atoms with Crippen LogP contribution in [0.5, 0.6) is 5.75 Å². The van der Waals surface area contributed by atoms with Crippen LogP contribution in [0.2, 0.25) is 0 Å². The standard InChI is InChI=1S/C16H18N2O3/c1-12-8-10-18-15(14(12)16(19)20)17-9-5-11-21-13-6-3-2-4-7-13/h2-4,6-8,10H,5,9,11H2,1H3,(H,17,18)(H,19,20). The number of aromatic carboxylic acids is 1. The van der Waals surface area contributed by atoms with Gasteiger partial charge < -0.3 is 15.2 Å². The van der Waals surface area contributed by atoms with E-state index in [1.807, 2.05) is 30.3 Å². The number of rotatable bonds is 7. The third-order valence-corrected chi connectivity index (χ3v) is 3.00. The Morgan fingerprint density at radius 1 is 1.29 bits per heavy atom. The Bertz CT molecular complexity index is 600. The van der Waals surface area contributed by atoms with Crippen LogP contribution in [0.4, 0.5) is 5.82 Å². The lowest BCUT2D eigenvalue weighted by atomic mass is 10.1. The second kappa shape index (κ2) is 7.28. The molecule has 0 radical (unpaired) electrons. The van der Waals surface area contributed by atoms with Crippen LogP contribution in [-0.4, -0.2) is 29.2 Å². The molecule has 2 aromatic rings. The summed E-state index contributed by atoms with van der Waals surface area (Å²) in [7, 11) is 0. The van der Waals surface area contributed by atoms with E-state index in [4.69, 9.17) is 4.74 Å². The second-order valence-corrected chi connectivity index (χ2v) is 4.60. The van der Waals surface area contributed by atoms with E-state index < -0.39 is 5.97 Å². The molecule has 0 atom stereocenters. The lowest BCUT2D eigenvalue weighted by molar-refractivity contribution is 0.0697. The molecule has 0 aliphatic heterocycles. The topological polar surface area (TPSA) is 71.5 Å². The fourth-order valence-corrected chi connectivity index (χ4v) is 1.95. The molecule has 0 saturated carbocycles. The molecule has 0 fully saturated rings. The van der Waals surface area contributed by atoms with Crippen LogP contribution < -0.4 is 10.1 Å². The van der Waals surface area contributed by atoms with Gasteiger partial charge in [0, 0.05) is 12.7 Å². The number of aryl methyl sites for hydroxylation is 1. The van der Waals surface area contributed by atoms with Gasteiger partial charge in [-0.2, -0.15) is 0 Å². The maximum Gasteiger partial charge on any atom is 0.339 e. The van der Waals surface area contributed by atoms with Gasteiger partial charge in [-0.1, -0.05) is 18.2 Å². The average molecular weight is 286 g/mol. The molecule has 1 aromatic carbocycles. The zero-order valence-corrected chi connectivity index (χ0v) is 11.9. The average Bonchev–Trinajstić information content (AvgIpc) is 2.47. The quantitative estimate of drug-likeness (QED) is 0.766. The fourth-order valence-electron chi connectivity index (χ4n) is 1.95. The highest BCUT2D eigenvalue weighted by molar-refractivity contribution is 5.94. The monoisotopic (exact) mass is 286 g/mol. The van der Waals surface area contributed by atoms with Gasteiger partial charge in [0.2, 0.25) is 0 Å². The molecule has 0 aliphatic carbocycles. The number of pyridine rings is 1. The highest BCUT2D eigenvalue weighted by Crippen LogP contribution is 2.16. The third kappa shape index (κ3) is 4.21. The van der Waals surface area contributed by atoms with E-state index in [0.29, 0.717) is 24.5 Å². The van der Waals surface area contributed by atoms with E-state index >= 15 is 0 Å². The number of carbonyl (C=O) groups is 1. The molecule has 5 heteroatoms. The Morgan fingerprint density at radius 2 is 2.05 bits per heavy atom. The zero-order chi connectivity index (χ0) is 15.1. The molecule has 0 aliphatic rings. The predicted octanol–water partition coefficient (Wildman–Crippen LogP) is 2.97. The number of hydrogen-bond donors (Lipinski definition) is 2. The first-order chi connectivity index (χ1) is 10.2. The number of nitrogens with one attached hydrogen (secondary N) is 1. The summed E-state index contributed by atoms with van der Waals surface area (Å²) < 4.78 is 5.57. The van der Waals surface area contributed by atoms with Crippen LogP contribution in [0.25, 0.3) is 0 Å². The van der Waals surface area contributed by atoms with Gasteiger partial charge in [-0.3, -0.25) is 0 Å². The van der Waals surface area contributed by atoms with Crippen molar-refractivity contribution >= 4 is 11.8 Å². The van der Waals surface area contributed by atoms with Crippen molar-refractivity contribution in [3.63, 3.8) is 0 Å². The molecular formula is C16H18N2O3. The molecule has 0 bridgehead atoms. The summed E-state index contributed by atoms with van der Waals surface area (Å²) in [6.07, 6.45) is 2.36. The first-order valence-corrected chi connectivity index (χ1v) is 6.79. The summed E-state index contributed by atoms with van der Waals surface area (Å²) in [5, 5.41) is 12.2. The Hall–Kier alpha value is -2.56. The van der Waals surface area contributed by atoms with Crippen molar-refractivity contribution in [2.24, 2.45) is 0 Å². The predicted molar refractivity (Wildman–Crippen MR) is 81.0 cm³/mol. The smallest absolute Gasteiger partial charge is 0.339 e. The van der Waals surface area contributed by atoms with Gasteiger partial charge in [0.05, 0.1) is 6.61 Å². The minimum Gasteiger partial charge on any atom is -0.494 e. The number of anilines is 1. The van der Waals surface area contributed by atoms with Crippen LogP contribution in [-0.2, 0) is 0 Å². The number of aromatic nitrogens is 1. The third-order valence-electron chi connectivity index (χ3n) is 3.00. The summed E-state index contributed by atoms with van der Waals surface area (Å²) in [6, 6.07) is 11.3. The normalized spacial score (nSPS) is 10.1. The van der Waals surface area contributed by atoms with E-state index in [2.05, 4.69) is 10.3 Å². The Morgan fingerprint density at radius 3 is 2.76 bits per heavy atom. The number of carboxylic acid groups (broad SMARTS) is 1. The van der Waals surface area contributed by atoms with Crippen molar-refractivity contribution in [1.82, 2.24) is 4.98 Å². The molecule has 21 heavy (non-hydrogen) atoms. The minimum atomic E-state index is -0.969. The summed E-state index contributed by atoms with van der Waals surface area (Å²) >= 11 is 0. The molecule has 1 aromatic heterocycles. The van der Waals surface area contributed by atoms with Gasteiger partial charge in [-0.05, 0) is 37.1 Å².